The highest BCUT2D eigenvalue weighted by molar-refractivity contribution is 5.89. The van der Waals surface area contributed by atoms with Gasteiger partial charge in [-0.15, -0.1) is 0 Å². The quantitative estimate of drug-likeness (QED) is 0.374. The van der Waals surface area contributed by atoms with E-state index in [-0.39, 0.29) is 0 Å². The van der Waals surface area contributed by atoms with Gasteiger partial charge in [-0.05, 0) is 108 Å². The SMILES string of the molecule is Cc1c(C)c(-c2ccc3[nH]ccc3c2)c(C)c(C)c1-c1ccc(NCC(C)C)nc1. The molecule has 0 fully saturated rings. The van der Waals surface area contributed by atoms with E-state index >= 15 is 0 Å². The number of nitrogens with one attached hydrogen (secondary N) is 2. The van der Waals surface area contributed by atoms with E-state index in [2.05, 4.69) is 93.2 Å². The Balaban J connectivity index is 1.78. The molecular formula is C27H31N3. The molecule has 2 aromatic carbocycles. The van der Waals surface area contributed by atoms with Crippen molar-refractivity contribution in [2.24, 2.45) is 5.92 Å². The van der Waals surface area contributed by atoms with Crippen LogP contribution in [0.4, 0.5) is 5.82 Å². The zero-order valence-electron chi connectivity index (χ0n) is 18.9. The number of rotatable bonds is 5. The molecule has 0 aliphatic carbocycles. The average Bonchev–Trinajstić information content (AvgIpc) is 3.20. The second-order valence-corrected chi connectivity index (χ2v) is 8.74. The predicted molar refractivity (Wildman–Crippen MR) is 129 cm³/mol. The van der Waals surface area contributed by atoms with Crippen LogP contribution >= 0.6 is 0 Å². The van der Waals surface area contributed by atoms with Crippen molar-refractivity contribution in [3.63, 3.8) is 0 Å². The Morgan fingerprint density at radius 3 is 2.07 bits per heavy atom. The third-order valence-corrected chi connectivity index (χ3v) is 6.21. The summed E-state index contributed by atoms with van der Waals surface area (Å²) in [6, 6.07) is 13.1. The fourth-order valence-corrected chi connectivity index (χ4v) is 4.34. The van der Waals surface area contributed by atoms with E-state index in [1.54, 1.807) is 0 Å². The van der Waals surface area contributed by atoms with Gasteiger partial charge in [-0.2, -0.15) is 0 Å². The van der Waals surface area contributed by atoms with Crippen LogP contribution in [-0.2, 0) is 0 Å². The van der Waals surface area contributed by atoms with Crippen LogP contribution in [0.5, 0.6) is 0 Å². The maximum absolute atomic E-state index is 4.66. The number of aromatic amines is 1. The van der Waals surface area contributed by atoms with Crippen LogP contribution in [0.15, 0.2) is 48.8 Å². The van der Waals surface area contributed by atoms with Gasteiger partial charge in [-0.3, -0.25) is 0 Å². The number of nitrogens with zero attached hydrogens (tertiary/aromatic N) is 1. The number of benzene rings is 2. The molecule has 0 bridgehead atoms. The number of anilines is 1. The van der Waals surface area contributed by atoms with Crippen LogP contribution in [0.1, 0.15) is 36.1 Å². The molecule has 0 unspecified atom stereocenters. The third kappa shape index (κ3) is 3.60. The second-order valence-electron chi connectivity index (χ2n) is 8.74. The first-order valence-corrected chi connectivity index (χ1v) is 10.7. The van der Waals surface area contributed by atoms with E-state index in [1.807, 2.05) is 12.4 Å². The molecule has 0 amide bonds. The zero-order valence-corrected chi connectivity index (χ0v) is 18.9. The van der Waals surface area contributed by atoms with Crippen LogP contribution in [0.3, 0.4) is 0 Å². The summed E-state index contributed by atoms with van der Waals surface area (Å²) in [5.74, 6) is 1.53. The van der Waals surface area contributed by atoms with E-state index in [0.717, 1.165) is 12.4 Å². The lowest BCUT2D eigenvalue weighted by Crippen LogP contribution is -2.09. The molecule has 0 saturated heterocycles. The fourth-order valence-electron chi connectivity index (χ4n) is 4.34. The van der Waals surface area contributed by atoms with Gasteiger partial charge in [0, 0.05) is 30.0 Å². The summed E-state index contributed by atoms with van der Waals surface area (Å²) in [5, 5.41) is 4.65. The summed E-state index contributed by atoms with van der Waals surface area (Å²) in [6.45, 7) is 14.3. The highest BCUT2D eigenvalue weighted by Crippen LogP contribution is 2.39. The topological polar surface area (TPSA) is 40.7 Å². The fraction of sp³-hybridized carbons (Fsp3) is 0.296. The Morgan fingerprint density at radius 1 is 0.833 bits per heavy atom. The normalized spacial score (nSPS) is 11.4. The van der Waals surface area contributed by atoms with Gasteiger partial charge < -0.3 is 10.3 Å². The molecule has 2 N–H and O–H groups in total. The van der Waals surface area contributed by atoms with E-state index < -0.39 is 0 Å². The molecule has 0 saturated carbocycles. The Labute approximate surface area is 179 Å². The Hall–Kier alpha value is -3.07. The molecule has 0 atom stereocenters. The van der Waals surface area contributed by atoms with Crippen molar-refractivity contribution in [3.05, 3.63) is 71.0 Å². The number of pyridine rings is 1. The van der Waals surface area contributed by atoms with E-state index in [1.165, 1.54) is 55.4 Å². The molecule has 30 heavy (non-hydrogen) atoms. The maximum Gasteiger partial charge on any atom is 0.125 e. The molecule has 154 valence electrons. The van der Waals surface area contributed by atoms with Crippen LogP contribution in [0.2, 0.25) is 0 Å². The van der Waals surface area contributed by atoms with Crippen molar-refractivity contribution >= 4 is 16.7 Å². The van der Waals surface area contributed by atoms with E-state index in [4.69, 9.17) is 0 Å². The van der Waals surface area contributed by atoms with Crippen LogP contribution in [0, 0.1) is 33.6 Å². The first-order valence-electron chi connectivity index (χ1n) is 10.7. The molecule has 3 heteroatoms. The Morgan fingerprint density at radius 2 is 1.47 bits per heavy atom. The number of aromatic nitrogens is 2. The lowest BCUT2D eigenvalue weighted by molar-refractivity contribution is 0.687. The van der Waals surface area contributed by atoms with Gasteiger partial charge in [0.1, 0.15) is 5.82 Å². The Kier molecular flexibility index (Phi) is 5.38. The number of H-pyrrole nitrogens is 1. The zero-order chi connectivity index (χ0) is 21.4. The summed E-state index contributed by atoms with van der Waals surface area (Å²) in [7, 11) is 0. The lowest BCUT2D eigenvalue weighted by Gasteiger charge is -2.21. The van der Waals surface area contributed by atoms with E-state index in [9.17, 15) is 0 Å². The van der Waals surface area contributed by atoms with Crippen molar-refractivity contribution in [3.8, 4) is 22.3 Å². The standard InChI is InChI=1S/C27H31N3/c1-16(2)14-29-25-10-8-23(15-30-25)27-19(5)17(3)26(18(4)20(27)6)22-7-9-24-21(13-22)11-12-28-24/h7-13,15-16,28H,14H2,1-6H3,(H,29,30). The summed E-state index contributed by atoms with van der Waals surface area (Å²) in [5.41, 5.74) is 11.6. The van der Waals surface area contributed by atoms with Crippen molar-refractivity contribution in [1.29, 1.82) is 0 Å². The van der Waals surface area contributed by atoms with Crippen LogP contribution in [0.25, 0.3) is 33.2 Å². The third-order valence-electron chi connectivity index (χ3n) is 6.21. The lowest BCUT2D eigenvalue weighted by atomic mass is 9.83. The van der Waals surface area contributed by atoms with Crippen molar-refractivity contribution in [1.82, 2.24) is 9.97 Å². The summed E-state index contributed by atoms with van der Waals surface area (Å²) >= 11 is 0. The van der Waals surface area contributed by atoms with Crippen LogP contribution in [-0.4, -0.2) is 16.5 Å². The van der Waals surface area contributed by atoms with Gasteiger partial charge >= 0.3 is 0 Å². The largest absolute Gasteiger partial charge is 0.370 e. The molecule has 2 heterocycles. The van der Waals surface area contributed by atoms with Crippen molar-refractivity contribution in [2.75, 3.05) is 11.9 Å². The number of hydrogen-bond donors (Lipinski definition) is 2. The first kappa shape index (κ1) is 20.2. The van der Waals surface area contributed by atoms with Crippen molar-refractivity contribution < 1.29 is 0 Å². The first-order chi connectivity index (χ1) is 14.4. The number of fused-ring (bicyclic) bond motifs is 1. The second kappa shape index (κ2) is 7.98. The van der Waals surface area contributed by atoms with E-state index in [0.29, 0.717) is 5.92 Å². The molecule has 0 radical (unpaired) electrons. The van der Waals surface area contributed by atoms with Gasteiger partial charge in [0.25, 0.3) is 0 Å². The average molecular weight is 398 g/mol. The minimum Gasteiger partial charge on any atom is -0.370 e. The molecule has 0 aliphatic heterocycles. The molecule has 4 aromatic rings. The molecule has 0 aliphatic rings. The van der Waals surface area contributed by atoms with Crippen LogP contribution < -0.4 is 5.32 Å². The van der Waals surface area contributed by atoms with Gasteiger partial charge in [-0.1, -0.05) is 19.9 Å². The predicted octanol–water partition coefficient (Wildman–Crippen LogP) is 7.20. The van der Waals surface area contributed by atoms with Gasteiger partial charge in [0.05, 0.1) is 0 Å². The minimum atomic E-state index is 0.597. The van der Waals surface area contributed by atoms with Gasteiger partial charge in [-0.25, -0.2) is 4.98 Å². The summed E-state index contributed by atoms with van der Waals surface area (Å²) in [4.78, 5) is 7.95. The summed E-state index contributed by atoms with van der Waals surface area (Å²) < 4.78 is 0. The molecule has 0 spiro atoms. The van der Waals surface area contributed by atoms with Gasteiger partial charge in [0.15, 0.2) is 0 Å². The minimum absolute atomic E-state index is 0.597. The highest BCUT2D eigenvalue weighted by atomic mass is 15.0. The monoisotopic (exact) mass is 397 g/mol. The maximum atomic E-state index is 4.66. The van der Waals surface area contributed by atoms with Gasteiger partial charge in [0.2, 0.25) is 0 Å². The highest BCUT2D eigenvalue weighted by Gasteiger charge is 2.18. The van der Waals surface area contributed by atoms with Crippen molar-refractivity contribution in [2.45, 2.75) is 41.5 Å². The number of hydrogen-bond acceptors (Lipinski definition) is 2. The smallest absolute Gasteiger partial charge is 0.125 e. The molecule has 2 aromatic heterocycles. The Bertz CT molecular complexity index is 1170. The molecule has 4 rings (SSSR count). The summed E-state index contributed by atoms with van der Waals surface area (Å²) in [6.07, 6.45) is 4.00. The molecule has 3 nitrogen and oxygen atoms in total. The molecular weight excluding hydrogens is 366 g/mol.